The fraction of sp³-hybridized carbons (Fsp3) is 0.174. The molecule has 2 heteroatoms. The van der Waals surface area contributed by atoms with E-state index in [0.717, 1.165) is 11.1 Å². The van der Waals surface area contributed by atoms with Crippen molar-refractivity contribution in [3.05, 3.63) is 83.4 Å². The molecule has 3 aromatic carbocycles. The van der Waals surface area contributed by atoms with Crippen LogP contribution in [-0.4, -0.2) is 13.1 Å². The minimum atomic E-state index is -0.307. The van der Waals surface area contributed by atoms with Crippen molar-refractivity contribution in [3.8, 4) is 22.3 Å². The molecular formula is C23H20O2. The molecule has 3 aromatic rings. The average molecular weight is 328 g/mol. The van der Waals surface area contributed by atoms with Crippen molar-refractivity contribution in [2.45, 2.75) is 19.3 Å². The smallest absolute Gasteiger partial charge is 0.338 e. The summed E-state index contributed by atoms with van der Waals surface area (Å²) in [5.74, 6) is -0.307. The molecule has 0 bridgehead atoms. The molecule has 124 valence electrons. The van der Waals surface area contributed by atoms with Crippen molar-refractivity contribution in [1.82, 2.24) is 0 Å². The molecule has 25 heavy (non-hydrogen) atoms. The number of methoxy groups -OCH3 is 1. The lowest BCUT2D eigenvalue weighted by molar-refractivity contribution is 0.0601. The molecule has 0 amide bonds. The molecule has 1 aliphatic carbocycles. The molecule has 0 atom stereocenters. The van der Waals surface area contributed by atoms with Gasteiger partial charge in [0.05, 0.1) is 12.7 Å². The van der Waals surface area contributed by atoms with Crippen LogP contribution in [0.25, 0.3) is 22.3 Å². The Labute approximate surface area is 148 Å². The summed E-state index contributed by atoms with van der Waals surface area (Å²) in [6, 6.07) is 22.6. The van der Waals surface area contributed by atoms with Crippen molar-refractivity contribution in [1.29, 1.82) is 0 Å². The lowest BCUT2D eigenvalue weighted by Gasteiger charge is -2.21. The van der Waals surface area contributed by atoms with Gasteiger partial charge in [-0.3, -0.25) is 0 Å². The number of hydrogen-bond donors (Lipinski definition) is 0. The molecule has 2 nitrogen and oxygen atoms in total. The molecule has 0 aromatic heterocycles. The second kappa shape index (κ2) is 5.59. The van der Waals surface area contributed by atoms with Crippen LogP contribution in [0.4, 0.5) is 0 Å². The maximum atomic E-state index is 12.3. The topological polar surface area (TPSA) is 26.3 Å². The third-order valence-corrected chi connectivity index (χ3v) is 5.23. The first-order valence-corrected chi connectivity index (χ1v) is 8.47. The van der Waals surface area contributed by atoms with Crippen LogP contribution in [0.2, 0.25) is 0 Å². The quantitative estimate of drug-likeness (QED) is 0.585. The molecule has 4 rings (SSSR count). The molecule has 0 unspecified atom stereocenters. The van der Waals surface area contributed by atoms with Gasteiger partial charge in [-0.15, -0.1) is 0 Å². The first kappa shape index (κ1) is 15.6. The van der Waals surface area contributed by atoms with Gasteiger partial charge in [-0.1, -0.05) is 74.5 Å². The Morgan fingerprint density at radius 2 is 1.36 bits per heavy atom. The van der Waals surface area contributed by atoms with Crippen molar-refractivity contribution in [2.24, 2.45) is 0 Å². The molecule has 0 N–H and O–H groups in total. The minimum absolute atomic E-state index is 0.0534. The number of ether oxygens (including phenoxy) is 1. The summed E-state index contributed by atoms with van der Waals surface area (Å²) < 4.78 is 4.99. The molecular weight excluding hydrogens is 308 g/mol. The first-order valence-electron chi connectivity index (χ1n) is 8.47. The number of hydrogen-bond acceptors (Lipinski definition) is 2. The van der Waals surface area contributed by atoms with Gasteiger partial charge in [-0.25, -0.2) is 4.79 Å². The number of fused-ring (bicyclic) bond motifs is 3. The van der Waals surface area contributed by atoms with Crippen LogP contribution < -0.4 is 0 Å². The number of benzene rings is 3. The predicted octanol–water partition coefficient (Wildman–Crippen LogP) is 5.45. The van der Waals surface area contributed by atoms with E-state index in [1.807, 2.05) is 24.3 Å². The normalized spacial score (nSPS) is 13.9. The van der Waals surface area contributed by atoms with Crippen LogP contribution in [0.3, 0.4) is 0 Å². The van der Waals surface area contributed by atoms with E-state index in [2.05, 4.69) is 56.3 Å². The van der Waals surface area contributed by atoms with Crippen LogP contribution in [0, 0.1) is 0 Å². The Balaban J connectivity index is 2.05. The number of esters is 1. The van der Waals surface area contributed by atoms with E-state index in [1.54, 1.807) is 0 Å². The highest BCUT2D eigenvalue weighted by atomic mass is 16.5. The lowest BCUT2D eigenvalue weighted by Crippen LogP contribution is -2.14. The van der Waals surface area contributed by atoms with Crippen LogP contribution in [0.15, 0.2) is 66.7 Å². The van der Waals surface area contributed by atoms with Crippen LogP contribution in [-0.2, 0) is 10.2 Å². The largest absolute Gasteiger partial charge is 0.465 e. The summed E-state index contributed by atoms with van der Waals surface area (Å²) in [6.45, 7) is 4.52. The Kier molecular flexibility index (Phi) is 3.50. The summed E-state index contributed by atoms with van der Waals surface area (Å²) in [7, 11) is 1.42. The monoisotopic (exact) mass is 328 g/mol. The second-order valence-corrected chi connectivity index (χ2v) is 6.94. The van der Waals surface area contributed by atoms with Gasteiger partial charge >= 0.3 is 5.97 Å². The van der Waals surface area contributed by atoms with E-state index in [1.165, 1.54) is 29.4 Å². The number of carbonyl (C=O) groups is 1. The summed E-state index contributed by atoms with van der Waals surface area (Å²) in [4.78, 5) is 12.3. The third-order valence-electron chi connectivity index (χ3n) is 5.23. The Hall–Kier alpha value is -2.87. The average Bonchev–Trinajstić information content (AvgIpc) is 2.89. The lowest BCUT2D eigenvalue weighted by atomic mass is 9.82. The van der Waals surface area contributed by atoms with Crippen molar-refractivity contribution in [2.75, 3.05) is 7.11 Å². The van der Waals surface area contributed by atoms with Gasteiger partial charge in [0.25, 0.3) is 0 Å². The number of rotatable bonds is 2. The third kappa shape index (κ3) is 2.21. The highest BCUT2D eigenvalue weighted by molar-refractivity contribution is 6.01. The molecule has 0 aliphatic heterocycles. The maximum Gasteiger partial charge on any atom is 0.338 e. The molecule has 1 aliphatic rings. The zero-order chi connectivity index (χ0) is 17.6. The van der Waals surface area contributed by atoms with E-state index in [4.69, 9.17) is 4.74 Å². The highest BCUT2D eigenvalue weighted by Crippen LogP contribution is 2.52. The van der Waals surface area contributed by atoms with E-state index in [-0.39, 0.29) is 11.4 Å². The van der Waals surface area contributed by atoms with E-state index in [9.17, 15) is 4.79 Å². The molecule has 0 spiro atoms. The van der Waals surface area contributed by atoms with E-state index < -0.39 is 0 Å². The first-order chi connectivity index (χ1) is 12.1. The summed E-state index contributed by atoms with van der Waals surface area (Å²) in [6.07, 6.45) is 0. The molecule has 0 radical (unpaired) electrons. The highest BCUT2D eigenvalue weighted by Gasteiger charge is 2.36. The van der Waals surface area contributed by atoms with Gasteiger partial charge in [0.2, 0.25) is 0 Å². The molecule has 0 heterocycles. The Morgan fingerprint density at radius 1 is 0.760 bits per heavy atom. The molecule has 0 fully saturated rings. The van der Waals surface area contributed by atoms with Gasteiger partial charge in [-0.2, -0.15) is 0 Å². The fourth-order valence-corrected chi connectivity index (χ4v) is 3.98. The zero-order valence-electron chi connectivity index (χ0n) is 14.7. The summed E-state index contributed by atoms with van der Waals surface area (Å²) in [5, 5.41) is 0. The van der Waals surface area contributed by atoms with Gasteiger partial charge in [-0.05, 0) is 39.4 Å². The second-order valence-electron chi connectivity index (χ2n) is 6.94. The Morgan fingerprint density at radius 3 is 2.12 bits per heavy atom. The maximum absolute atomic E-state index is 12.3. The Bertz CT molecular complexity index is 983. The standard InChI is InChI=1S/C23H20O2/c1-23(2)19-13-7-6-11-18(19)21-16(12-8-14-20(21)23)15-9-4-5-10-17(15)22(24)25-3/h4-14H,1-3H3. The van der Waals surface area contributed by atoms with Crippen LogP contribution >= 0.6 is 0 Å². The van der Waals surface area contributed by atoms with Crippen LogP contribution in [0.5, 0.6) is 0 Å². The van der Waals surface area contributed by atoms with Crippen molar-refractivity contribution in [3.63, 3.8) is 0 Å². The summed E-state index contributed by atoms with van der Waals surface area (Å²) in [5.41, 5.74) is 7.63. The van der Waals surface area contributed by atoms with Crippen molar-refractivity contribution >= 4 is 5.97 Å². The van der Waals surface area contributed by atoms with Crippen molar-refractivity contribution < 1.29 is 9.53 Å². The van der Waals surface area contributed by atoms with Gasteiger partial charge in [0.15, 0.2) is 0 Å². The SMILES string of the molecule is COC(=O)c1ccccc1-c1cccc2c1-c1ccccc1C2(C)C. The van der Waals surface area contributed by atoms with Crippen LogP contribution in [0.1, 0.15) is 35.3 Å². The van der Waals surface area contributed by atoms with Gasteiger partial charge < -0.3 is 4.74 Å². The number of carbonyl (C=O) groups excluding carboxylic acids is 1. The predicted molar refractivity (Wildman–Crippen MR) is 101 cm³/mol. The van der Waals surface area contributed by atoms with E-state index in [0.29, 0.717) is 5.56 Å². The zero-order valence-corrected chi connectivity index (χ0v) is 14.7. The minimum Gasteiger partial charge on any atom is -0.465 e. The molecule has 0 saturated carbocycles. The van der Waals surface area contributed by atoms with E-state index >= 15 is 0 Å². The van der Waals surface area contributed by atoms with Gasteiger partial charge in [0.1, 0.15) is 0 Å². The summed E-state index contributed by atoms with van der Waals surface area (Å²) >= 11 is 0. The van der Waals surface area contributed by atoms with Gasteiger partial charge in [0, 0.05) is 5.41 Å². The molecule has 0 saturated heterocycles. The fourth-order valence-electron chi connectivity index (χ4n) is 3.98.